The molecule has 3 N–H and O–H groups in total. The van der Waals surface area contributed by atoms with Gasteiger partial charge in [-0.3, -0.25) is 10.2 Å². The minimum absolute atomic E-state index is 0.153. The van der Waals surface area contributed by atoms with Gasteiger partial charge in [0.05, 0.1) is 20.0 Å². The lowest BCUT2D eigenvalue weighted by molar-refractivity contribution is -0.135. The van der Waals surface area contributed by atoms with Gasteiger partial charge in [0.25, 0.3) is 5.91 Å². The Kier molecular flexibility index (Phi) is 9.47. The molecule has 2 aromatic carbocycles. The molecule has 1 aromatic heterocycles. The molecule has 4 rings (SSSR count). The number of aromatic nitrogens is 2. The predicted molar refractivity (Wildman–Crippen MR) is 150 cm³/mol. The van der Waals surface area contributed by atoms with Crippen molar-refractivity contribution in [3.63, 3.8) is 0 Å². The van der Waals surface area contributed by atoms with Gasteiger partial charge in [0, 0.05) is 49.0 Å². The lowest BCUT2D eigenvalue weighted by Crippen LogP contribution is -2.42. The third-order valence-corrected chi connectivity index (χ3v) is 6.37. The van der Waals surface area contributed by atoms with E-state index in [1.807, 2.05) is 41.4 Å². The van der Waals surface area contributed by atoms with Gasteiger partial charge < -0.3 is 29.6 Å². The molecule has 0 bridgehead atoms. The zero-order chi connectivity index (χ0) is 27.6. The van der Waals surface area contributed by atoms with Crippen molar-refractivity contribution in [2.75, 3.05) is 37.0 Å². The summed E-state index contributed by atoms with van der Waals surface area (Å²) < 4.78 is 12.3. The number of aryl methyl sites for hydroxylation is 1. The van der Waals surface area contributed by atoms with Crippen molar-refractivity contribution in [2.24, 2.45) is 0 Å². The van der Waals surface area contributed by atoms with Crippen molar-refractivity contribution >= 4 is 29.0 Å². The van der Waals surface area contributed by atoms with Crippen molar-refractivity contribution in [3.8, 4) is 5.75 Å². The minimum Gasteiger partial charge on any atom is -0.497 e. The number of hydrogen-bond acceptors (Lipinski definition) is 8. The molecular formula is C29H34N6O4. The zero-order valence-electron chi connectivity index (χ0n) is 22.3. The van der Waals surface area contributed by atoms with Crippen molar-refractivity contribution in [3.05, 3.63) is 84.1 Å². The number of anilines is 2. The monoisotopic (exact) mass is 530 g/mol. The number of ether oxygens (including phenoxy) is 2. The minimum atomic E-state index is -0.746. The zero-order valence-corrected chi connectivity index (χ0v) is 22.3. The molecule has 204 valence electrons. The number of amides is 1. The number of esters is 1. The van der Waals surface area contributed by atoms with Crippen LogP contribution in [0.2, 0.25) is 0 Å². The lowest BCUT2D eigenvalue weighted by Gasteiger charge is -2.31. The first kappa shape index (κ1) is 27.6. The third kappa shape index (κ3) is 7.11. The van der Waals surface area contributed by atoms with E-state index in [0.29, 0.717) is 36.5 Å². The summed E-state index contributed by atoms with van der Waals surface area (Å²) >= 11 is 0. The van der Waals surface area contributed by atoms with E-state index in [4.69, 9.17) is 14.9 Å². The first-order valence-electron chi connectivity index (χ1n) is 13.0. The highest BCUT2D eigenvalue weighted by atomic mass is 16.5. The quantitative estimate of drug-likeness (QED) is 0.175. The highest BCUT2D eigenvalue weighted by Crippen LogP contribution is 2.28. The largest absolute Gasteiger partial charge is 0.497 e. The SMILES string of the molecule is CCOC(=O)C(=N)C1=C(Nc2ccc(OC)cc2)C(=O)N(c2cccc(CNCCCn3ccnc3)c2)CC1. The van der Waals surface area contributed by atoms with Gasteiger partial charge in [-0.1, -0.05) is 12.1 Å². The molecule has 0 spiro atoms. The number of nitrogens with zero attached hydrogens (tertiary/aromatic N) is 3. The average Bonchev–Trinajstić information content (AvgIpc) is 3.48. The maximum absolute atomic E-state index is 13.8. The summed E-state index contributed by atoms with van der Waals surface area (Å²) in [6.45, 7) is 4.60. The predicted octanol–water partition coefficient (Wildman–Crippen LogP) is 3.76. The standard InChI is InChI=1S/C29H34N6O4/c1-3-39-29(37)26(30)25-12-16-35(28(36)27(25)33-22-8-10-24(38-2)11-9-22)23-7-4-6-21(18-23)19-31-13-5-15-34-17-14-32-20-34/h4,6-11,14,17-18,20,30-31,33H,3,5,12-13,15-16,19H2,1-2H3. The van der Waals surface area contributed by atoms with E-state index in [2.05, 4.69) is 15.6 Å². The molecule has 0 unspecified atom stereocenters. The molecule has 1 aliphatic rings. The first-order valence-corrected chi connectivity index (χ1v) is 13.0. The maximum atomic E-state index is 13.8. The van der Waals surface area contributed by atoms with Gasteiger partial charge in [-0.25, -0.2) is 9.78 Å². The molecule has 0 aliphatic carbocycles. The van der Waals surface area contributed by atoms with Gasteiger partial charge in [0.1, 0.15) is 17.2 Å². The summed E-state index contributed by atoms with van der Waals surface area (Å²) in [6, 6.07) is 15.0. The number of rotatable bonds is 13. The number of imidazole rings is 1. The Morgan fingerprint density at radius 2 is 2.00 bits per heavy atom. The fraction of sp³-hybridized carbons (Fsp3) is 0.310. The van der Waals surface area contributed by atoms with Crippen LogP contribution in [0.25, 0.3) is 0 Å². The van der Waals surface area contributed by atoms with E-state index in [-0.39, 0.29) is 23.9 Å². The summed E-state index contributed by atoms with van der Waals surface area (Å²) in [5.74, 6) is -0.381. The van der Waals surface area contributed by atoms with Crippen LogP contribution in [0.15, 0.2) is 78.5 Å². The normalized spacial score (nSPS) is 13.4. The van der Waals surface area contributed by atoms with Crippen LogP contribution in [-0.4, -0.2) is 53.9 Å². The Hall–Kier alpha value is -4.44. The molecule has 3 aromatic rings. The Morgan fingerprint density at radius 3 is 2.72 bits per heavy atom. The molecule has 1 aliphatic heterocycles. The van der Waals surface area contributed by atoms with Gasteiger partial charge in [0.15, 0.2) is 0 Å². The maximum Gasteiger partial charge on any atom is 0.356 e. The summed E-state index contributed by atoms with van der Waals surface area (Å²) in [5.41, 5.74) is 2.67. The number of methoxy groups -OCH3 is 1. The summed E-state index contributed by atoms with van der Waals surface area (Å²) in [4.78, 5) is 31.9. The molecule has 10 nitrogen and oxygen atoms in total. The molecule has 2 heterocycles. The van der Waals surface area contributed by atoms with Gasteiger partial charge in [0.2, 0.25) is 0 Å². The highest BCUT2D eigenvalue weighted by molar-refractivity contribution is 6.43. The van der Waals surface area contributed by atoms with E-state index in [1.54, 1.807) is 49.4 Å². The number of carbonyl (C=O) groups is 2. The summed E-state index contributed by atoms with van der Waals surface area (Å²) in [5, 5.41) is 15.0. The third-order valence-electron chi connectivity index (χ3n) is 6.37. The summed E-state index contributed by atoms with van der Waals surface area (Å²) in [7, 11) is 1.58. The van der Waals surface area contributed by atoms with Crippen LogP contribution in [-0.2, 0) is 27.4 Å². The van der Waals surface area contributed by atoms with Crippen LogP contribution in [0, 0.1) is 5.41 Å². The van der Waals surface area contributed by atoms with E-state index < -0.39 is 5.97 Å². The molecule has 0 radical (unpaired) electrons. The second kappa shape index (κ2) is 13.4. The van der Waals surface area contributed by atoms with Crippen molar-refractivity contribution in [1.82, 2.24) is 14.9 Å². The van der Waals surface area contributed by atoms with Gasteiger partial charge in [-0.05, 0) is 68.3 Å². The Labute approximate surface area is 228 Å². The fourth-order valence-corrected chi connectivity index (χ4v) is 4.36. The van der Waals surface area contributed by atoms with Crippen LogP contribution in [0.4, 0.5) is 11.4 Å². The second-order valence-electron chi connectivity index (χ2n) is 9.01. The van der Waals surface area contributed by atoms with Crippen LogP contribution in [0.5, 0.6) is 5.75 Å². The van der Waals surface area contributed by atoms with Crippen molar-refractivity contribution < 1.29 is 19.1 Å². The van der Waals surface area contributed by atoms with E-state index in [1.165, 1.54) is 0 Å². The summed E-state index contributed by atoms with van der Waals surface area (Å²) in [6.07, 6.45) is 6.84. The van der Waals surface area contributed by atoms with E-state index in [0.717, 1.165) is 30.8 Å². The van der Waals surface area contributed by atoms with E-state index in [9.17, 15) is 9.59 Å². The van der Waals surface area contributed by atoms with Gasteiger partial charge in [-0.15, -0.1) is 0 Å². The molecule has 0 fully saturated rings. The smallest absolute Gasteiger partial charge is 0.356 e. The van der Waals surface area contributed by atoms with Crippen LogP contribution in [0.1, 0.15) is 25.3 Å². The number of carbonyl (C=O) groups excluding carboxylic acids is 2. The number of benzene rings is 2. The number of hydrogen-bond donors (Lipinski definition) is 3. The van der Waals surface area contributed by atoms with E-state index >= 15 is 0 Å². The van der Waals surface area contributed by atoms with Crippen LogP contribution >= 0.6 is 0 Å². The molecule has 0 saturated carbocycles. The second-order valence-corrected chi connectivity index (χ2v) is 9.01. The first-order chi connectivity index (χ1) is 19.0. The molecular weight excluding hydrogens is 496 g/mol. The topological polar surface area (TPSA) is 122 Å². The molecule has 0 saturated heterocycles. The van der Waals surface area contributed by atoms with Gasteiger partial charge in [-0.2, -0.15) is 0 Å². The van der Waals surface area contributed by atoms with Crippen LogP contribution in [0.3, 0.4) is 0 Å². The molecule has 0 atom stereocenters. The van der Waals surface area contributed by atoms with Gasteiger partial charge >= 0.3 is 5.97 Å². The molecule has 39 heavy (non-hydrogen) atoms. The van der Waals surface area contributed by atoms with Crippen molar-refractivity contribution in [2.45, 2.75) is 32.9 Å². The number of nitrogens with one attached hydrogen (secondary N) is 3. The average molecular weight is 531 g/mol. The Balaban J connectivity index is 1.49. The molecule has 1 amide bonds. The lowest BCUT2D eigenvalue weighted by atomic mass is 9.98. The Morgan fingerprint density at radius 1 is 1.18 bits per heavy atom. The Bertz CT molecular complexity index is 1320. The fourth-order valence-electron chi connectivity index (χ4n) is 4.36. The molecule has 10 heteroatoms. The van der Waals surface area contributed by atoms with Crippen LogP contribution < -0.4 is 20.3 Å². The highest BCUT2D eigenvalue weighted by Gasteiger charge is 2.32. The van der Waals surface area contributed by atoms with Crippen molar-refractivity contribution in [1.29, 1.82) is 5.41 Å².